The van der Waals surface area contributed by atoms with Crippen molar-refractivity contribution in [1.82, 2.24) is 9.97 Å². The summed E-state index contributed by atoms with van der Waals surface area (Å²) in [6.07, 6.45) is 1.88. The predicted octanol–water partition coefficient (Wildman–Crippen LogP) is 5.80. The molecule has 4 aromatic rings. The van der Waals surface area contributed by atoms with Crippen LogP contribution in [0.1, 0.15) is 30.5 Å². The quantitative estimate of drug-likeness (QED) is 0.449. The van der Waals surface area contributed by atoms with E-state index in [0.29, 0.717) is 12.4 Å². The van der Waals surface area contributed by atoms with Crippen LogP contribution in [-0.4, -0.2) is 23.7 Å². The first-order valence-electron chi connectivity index (χ1n) is 10.7. The summed E-state index contributed by atoms with van der Waals surface area (Å²) in [5, 5.41) is 4.72. The van der Waals surface area contributed by atoms with Crippen molar-refractivity contribution in [2.24, 2.45) is 0 Å². The molecule has 5 heteroatoms. The lowest BCUT2D eigenvalue weighted by Crippen LogP contribution is -2.21. The molecule has 1 atom stereocenters. The van der Waals surface area contributed by atoms with E-state index in [9.17, 15) is 0 Å². The number of anilines is 1. The topological polar surface area (TPSA) is 56.3 Å². The molecule has 0 radical (unpaired) electrons. The minimum atomic E-state index is 0.131. The van der Waals surface area contributed by atoms with Gasteiger partial charge in [-0.1, -0.05) is 43.3 Å². The summed E-state index contributed by atoms with van der Waals surface area (Å²) in [5.74, 6) is 3.25. The first-order chi connectivity index (χ1) is 15.2. The fourth-order valence-electron chi connectivity index (χ4n) is 4.06. The lowest BCUT2D eigenvalue weighted by molar-refractivity contribution is 0.274. The molecule has 5 nitrogen and oxygen atoms in total. The largest absolute Gasteiger partial charge is 0.497 e. The van der Waals surface area contributed by atoms with E-state index in [4.69, 9.17) is 19.4 Å². The fraction of sp³-hybridized carbons (Fsp3) is 0.231. The maximum Gasteiger partial charge on any atom is 0.162 e. The van der Waals surface area contributed by atoms with E-state index in [1.165, 1.54) is 11.1 Å². The number of rotatable bonds is 5. The van der Waals surface area contributed by atoms with E-state index in [2.05, 4.69) is 36.5 Å². The number of nitrogens with zero attached hydrogens (tertiary/aromatic N) is 2. The van der Waals surface area contributed by atoms with E-state index in [0.717, 1.165) is 46.6 Å². The molecule has 31 heavy (non-hydrogen) atoms. The molecule has 1 aliphatic rings. The molecule has 1 N–H and O–H groups in total. The third-order valence-corrected chi connectivity index (χ3v) is 5.76. The summed E-state index contributed by atoms with van der Waals surface area (Å²) in [7, 11) is 1.67. The summed E-state index contributed by atoms with van der Waals surface area (Å²) < 4.78 is 11.3. The van der Waals surface area contributed by atoms with Crippen molar-refractivity contribution in [3.05, 3.63) is 77.9 Å². The van der Waals surface area contributed by atoms with Gasteiger partial charge >= 0.3 is 0 Å². The molecular formula is C26H25N3O2. The molecule has 0 amide bonds. The van der Waals surface area contributed by atoms with Crippen LogP contribution in [0.15, 0.2) is 66.7 Å². The fourth-order valence-corrected chi connectivity index (χ4v) is 4.06. The van der Waals surface area contributed by atoms with Crippen LogP contribution >= 0.6 is 0 Å². The molecule has 0 spiro atoms. The highest BCUT2D eigenvalue weighted by atomic mass is 16.5. The van der Waals surface area contributed by atoms with Crippen LogP contribution in [-0.2, 0) is 6.42 Å². The summed E-state index contributed by atoms with van der Waals surface area (Å²) in [4.78, 5) is 9.75. The minimum Gasteiger partial charge on any atom is -0.497 e. The number of nitrogens with one attached hydrogen (secondary N) is 1. The van der Waals surface area contributed by atoms with Gasteiger partial charge in [0.2, 0.25) is 0 Å². The molecule has 0 saturated carbocycles. The van der Waals surface area contributed by atoms with Crippen LogP contribution in [0.4, 0.5) is 5.82 Å². The third kappa shape index (κ3) is 3.79. The molecular weight excluding hydrogens is 386 g/mol. The predicted molar refractivity (Wildman–Crippen MR) is 124 cm³/mol. The van der Waals surface area contributed by atoms with Gasteiger partial charge in [-0.25, -0.2) is 9.97 Å². The Labute approximate surface area is 182 Å². The minimum absolute atomic E-state index is 0.131. The molecule has 0 aliphatic carbocycles. The normalized spacial score (nSPS) is 15.2. The van der Waals surface area contributed by atoms with E-state index in [1.807, 2.05) is 42.5 Å². The first kappa shape index (κ1) is 19.4. The maximum absolute atomic E-state index is 5.91. The van der Waals surface area contributed by atoms with Gasteiger partial charge in [0, 0.05) is 22.9 Å². The molecule has 3 aromatic carbocycles. The monoisotopic (exact) mass is 411 g/mol. The standard InChI is InChI=1S/C26H25N3O2/c1-3-17-11-12-24-21(15-17)23(13-14-31-24)28-26-20-9-4-5-10-22(20)27-25(29-26)18-7-6-8-19(16-18)30-2/h4-12,15-16,23H,3,13-14H2,1-2H3,(H,27,28,29)/t23-/m0/s1. The van der Waals surface area contributed by atoms with Crippen molar-refractivity contribution in [1.29, 1.82) is 0 Å². The van der Waals surface area contributed by atoms with Crippen molar-refractivity contribution >= 4 is 16.7 Å². The Kier molecular flexibility index (Phi) is 5.16. The van der Waals surface area contributed by atoms with E-state index < -0.39 is 0 Å². The average Bonchev–Trinajstić information content (AvgIpc) is 2.84. The zero-order chi connectivity index (χ0) is 21.2. The van der Waals surface area contributed by atoms with Crippen molar-refractivity contribution in [3.8, 4) is 22.9 Å². The van der Waals surface area contributed by atoms with Crippen LogP contribution in [0.2, 0.25) is 0 Å². The highest BCUT2D eigenvalue weighted by Crippen LogP contribution is 2.36. The second-order valence-electron chi connectivity index (χ2n) is 7.70. The van der Waals surface area contributed by atoms with Gasteiger partial charge in [-0.05, 0) is 42.3 Å². The molecule has 0 unspecified atom stereocenters. The van der Waals surface area contributed by atoms with Crippen LogP contribution < -0.4 is 14.8 Å². The Hall–Kier alpha value is -3.60. The van der Waals surface area contributed by atoms with E-state index in [-0.39, 0.29) is 6.04 Å². The summed E-state index contributed by atoms with van der Waals surface area (Å²) in [6, 6.07) is 22.6. The highest BCUT2D eigenvalue weighted by Gasteiger charge is 2.23. The van der Waals surface area contributed by atoms with Gasteiger partial charge in [0.25, 0.3) is 0 Å². The number of para-hydroxylation sites is 1. The number of fused-ring (bicyclic) bond motifs is 2. The Balaban J connectivity index is 1.59. The number of hydrogen-bond acceptors (Lipinski definition) is 5. The van der Waals surface area contributed by atoms with Gasteiger partial charge in [-0.2, -0.15) is 0 Å². The molecule has 0 bridgehead atoms. The molecule has 156 valence electrons. The number of aryl methyl sites for hydroxylation is 1. The van der Waals surface area contributed by atoms with Gasteiger partial charge in [0.1, 0.15) is 17.3 Å². The Morgan fingerprint density at radius 3 is 2.81 bits per heavy atom. The van der Waals surface area contributed by atoms with Crippen molar-refractivity contribution < 1.29 is 9.47 Å². The van der Waals surface area contributed by atoms with E-state index >= 15 is 0 Å². The maximum atomic E-state index is 5.91. The zero-order valence-corrected chi connectivity index (χ0v) is 17.8. The van der Waals surface area contributed by atoms with Gasteiger partial charge in [-0.3, -0.25) is 0 Å². The molecule has 2 heterocycles. The van der Waals surface area contributed by atoms with Gasteiger partial charge < -0.3 is 14.8 Å². The molecule has 1 aliphatic heterocycles. The first-order valence-corrected chi connectivity index (χ1v) is 10.7. The van der Waals surface area contributed by atoms with Crippen molar-refractivity contribution in [2.45, 2.75) is 25.8 Å². The lowest BCUT2D eigenvalue weighted by atomic mass is 9.97. The van der Waals surface area contributed by atoms with Crippen LogP contribution in [0.5, 0.6) is 11.5 Å². The number of hydrogen-bond donors (Lipinski definition) is 1. The molecule has 5 rings (SSSR count). The molecule has 1 aromatic heterocycles. The highest BCUT2D eigenvalue weighted by molar-refractivity contribution is 5.90. The Morgan fingerprint density at radius 2 is 1.94 bits per heavy atom. The summed E-state index contributed by atoms with van der Waals surface area (Å²) in [5.41, 5.74) is 4.33. The van der Waals surface area contributed by atoms with Crippen LogP contribution in [0.25, 0.3) is 22.3 Å². The van der Waals surface area contributed by atoms with Gasteiger partial charge in [0.05, 0.1) is 25.3 Å². The lowest BCUT2D eigenvalue weighted by Gasteiger charge is -2.28. The third-order valence-electron chi connectivity index (χ3n) is 5.76. The summed E-state index contributed by atoms with van der Waals surface area (Å²) >= 11 is 0. The average molecular weight is 412 g/mol. The summed E-state index contributed by atoms with van der Waals surface area (Å²) in [6.45, 7) is 2.86. The SMILES string of the molecule is CCc1ccc2c(c1)[C@@H](Nc1nc(-c3cccc(OC)c3)nc3ccccc13)CCO2. The number of ether oxygens (including phenoxy) is 2. The van der Waals surface area contributed by atoms with Crippen LogP contribution in [0, 0.1) is 0 Å². The number of benzene rings is 3. The Bertz CT molecular complexity index is 1240. The zero-order valence-electron chi connectivity index (χ0n) is 17.8. The van der Waals surface area contributed by atoms with E-state index in [1.54, 1.807) is 7.11 Å². The molecule has 0 fully saturated rings. The Morgan fingerprint density at radius 1 is 1.03 bits per heavy atom. The van der Waals surface area contributed by atoms with Gasteiger partial charge in [-0.15, -0.1) is 0 Å². The van der Waals surface area contributed by atoms with Gasteiger partial charge in [0.15, 0.2) is 5.82 Å². The number of methoxy groups -OCH3 is 1. The molecule has 0 saturated heterocycles. The van der Waals surface area contributed by atoms with Crippen molar-refractivity contribution in [2.75, 3.05) is 19.0 Å². The van der Waals surface area contributed by atoms with Crippen LogP contribution in [0.3, 0.4) is 0 Å². The second kappa shape index (κ2) is 8.26. The smallest absolute Gasteiger partial charge is 0.162 e. The number of aromatic nitrogens is 2. The van der Waals surface area contributed by atoms with Crippen molar-refractivity contribution in [3.63, 3.8) is 0 Å². The second-order valence-corrected chi connectivity index (χ2v) is 7.70.